The summed E-state index contributed by atoms with van der Waals surface area (Å²) < 4.78 is 1.86. The number of benzene rings is 3. The van der Waals surface area contributed by atoms with Crippen molar-refractivity contribution in [1.29, 1.82) is 0 Å². The van der Waals surface area contributed by atoms with Crippen molar-refractivity contribution in [3.63, 3.8) is 0 Å². The zero-order chi connectivity index (χ0) is 22.3. The molecule has 1 heterocycles. The summed E-state index contributed by atoms with van der Waals surface area (Å²) in [6.07, 6.45) is 0. The lowest BCUT2D eigenvalue weighted by Gasteiger charge is -2.16. The molecule has 4 aromatic rings. The lowest BCUT2D eigenvalue weighted by molar-refractivity contribution is 0.0692. The van der Waals surface area contributed by atoms with Gasteiger partial charge in [-0.2, -0.15) is 0 Å². The molecule has 6 heteroatoms. The monoisotopic (exact) mass is 450 g/mol. The number of carboxylic acids is 1. The summed E-state index contributed by atoms with van der Waals surface area (Å²) in [6, 6.07) is 18.6. The van der Waals surface area contributed by atoms with Crippen LogP contribution in [0.1, 0.15) is 27.2 Å². The molecule has 0 radical (unpaired) electrons. The lowest BCUT2D eigenvalue weighted by Crippen LogP contribution is -2.05. The first-order valence-electron chi connectivity index (χ1n) is 9.72. The molecule has 0 saturated carbocycles. The molecule has 156 valence electrons. The van der Waals surface area contributed by atoms with Crippen LogP contribution in [0.15, 0.2) is 60.7 Å². The van der Waals surface area contributed by atoms with Crippen LogP contribution in [0.3, 0.4) is 0 Å². The van der Waals surface area contributed by atoms with E-state index in [-0.39, 0.29) is 5.69 Å². The smallest absolute Gasteiger partial charge is 0.356 e. The van der Waals surface area contributed by atoms with E-state index in [1.54, 1.807) is 18.2 Å². The maximum absolute atomic E-state index is 12.2. The number of hydrogen-bond donors (Lipinski definition) is 1. The van der Waals surface area contributed by atoms with E-state index in [0.29, 0.717) is 27.1 Å². The van der Waals surface area contributed by atoms with Crippen molar-refractivity contribution in [2.75, 3.05) is 0 Å². The van der Waals surface area contributed by atoms with Gasteiger partial charge in [-0.15, -0.1) is 0 Å². The van der Waals surface area contributed by atoms with E-state index in [2.05, 4.69) is 4.98 Å². The first-order valence-corrected chi connectivity index (χ1v) is 10.5. The summed E-state index contributed by atoms with van der Waals surface area (Å²) in [4.78, 5) is 16.8. The van der Waals surface area contributed by atoms with Crippen LogP contribution in [0.2, 0.25) is 10.0 Å². The average molecular weight is 451 g/mol. The minimum Gasteiger partial charge on any atom is -0.476 e. The number of carbonyl (C=O) groups is 1. The fraction of sp³-hybridized carbons (Fsp3) is 0.120. The third-order valence-electron chi connectivity index (χ3n) is 5.36. The molecule has 0 fully saturated rings. The maximum Gasteiger partial charge on any atom is 0.356 e. The van der Waals surface area contributed by atoms with Crippen molar-refractivity contribution in [3.8, 4) is 28.3 Å². The van der Waals surface area contributed by atoms with Crippen molar-refractivity contribution >= 4 is 29.2 Å². The van der Waals surface area contributed by atoms with E-state index >= 15 is 0 Å². The number of imidazole rings is 1. The molecular formula is C25H20Cl2N2O2. The minimum absolute atomic E-state index is 0.0464. The number of halogens is 2. The van der Waals surface area contributed by atoms with Crippen LogP contribution in [0.25, 0.3) is 28.3 Å². The van der Waals surface area contributed by atoms with Gasteiger partial charge >= 0.3 is 5.97 Å². The number of hydrogen-bond acceptors (Lipinski definition) is 2. The number of aryl methyl sites for hydroxylation is 3. The summed E-state index contributed by atoms with van der Waals surface area (Å²) in [6.45, 7) is 6.01. The first-order chi connectivity index (χ1) is 14.8. The molecule has 0 aliphatic rings. The van der Waals surface area contributed by atoms with Gasteiger partial charge in [-0.05, 0) is 67.8 Å². The van der Waals surface area contributed by atoms with E-state index in [9.17, 15) is 9.90 Å². The highest BCUT2D eigenvalue weighted by Gasteiger charge is 2.26. The molecule has 1 aromatic heterocycles. The molecule has 0 spiro atoms. The molecular weight excluding hydrogens is 431 g/mol. The Kier molecular flexibility index (Phi) is 5.61. The highest BCUT2D eigenvalue weighted by Crippen LogP contribution is 2.36. The van der Waals surface area contributed by atoms with Crippen molar-refractivity contribution < 1.29 is 9.90 Å². The Bertz CT molecular complexity index is 1330. The fourth-order valence-corrected chi connectivity index (χ4v) is 3.96. The molecule has 4 nitrogen and oxygen atoms in total. The van der Waals surface area contributed by atoms with Crippen LogP contribution in [0.5, 0.6) is 0 Å². The van der Waals surface area contributed by atoms with E-state index < -0.39 is 5.97 Å². The summed E-state index contributed by atoms with van der Waals surface area (Å²) in [5.74, 6) is -0.584. The third kappa shape index (κ3) is 3.97. The van der Waals surface area contributed by atoms with Gasteiger partial charge in [0.1, 0.15) is 5.82 Å². The van der Waals surface area contributed by atoms with Gasteiger partial charge in [0.15, 0.2) is 5.69 Å². The second kappa shape index (κ2) is 8.22. The second-order valence-electron chi connectivity index (χ2n) is 7.51. The zero-order valence-corrected chi connectivity index (χ0v) is 18.8. The zero-order valence-electron chi connectivity index (χ0n) is 17.3. The number of carboxylic acid groups (broad SMARTS) is 1. The van der Waals surface area contributed by atoms with Crippen molar-refractivity contribution in [2.45, 2.75) is 20.8 Å². The Morgan fingerprint density at radius 2 is 1.55 bits per heavy atom. The summed E-state index contributed by atoms with van der Waals surface area (Å²) in [5, 5.41) is 11.1. The van der Waals surface area contributed by atoms with Gasteiger partial charge in [0, 0.05) is 21.2 Å². The van der Waals surface area contributed by atoms with Gasteiger partial charge in [-0.3, -0.25) is 4.57 Å². The number of aromatic nitrogens is 2. The standard InChI is InChI=1S/C25H20Cl2N2O2/c1-14-7-9-18(11-16(14)3)24-28-22(25(30)31)23(17-5-4-6-19(26)12-17)29(24)21-13-20(27)10-8-15(21)2/h4-13H,1-3H3,(H,30,31). The molecule has 31 heavy (non-hydrogen) atoms. The molecule has 4 rings (SSSR count). The normalized spacial score (nSPS) is 11.0. The Hall–Kier alpha value is -3.08. The Morgan fingerprint density at radius 3 is 2.23 bits per heavy atom. The molecule has 0 saturated heterocycles. The van der Waals surface area contributed by atoms with Crippen LogP contribution >= 0.6 is 23.2 Å². The number of aromatic carboxylic acids is 1. The highest BCUT2D eigenvalue weighted by molar-refractivity contribution is 6.31. The van der Waals surface area contributed by atoms with Crippen LogP contribution in [0.4, 0.5) is 0 Å². The Labute approximate surface area is 190 Å². The van der Waals surface area contributed by atoms with E-state index in [1.165, 1.54) is 0 Å². The topological polar surface area (TPSA) is 55.1 Å². The Morgan fingerprint density at radius 1 is 0.839 bits per heavy atom. The van der Waals surface area contributed by atoms with Gasteiger partial charge in [-0.25, -0.2) is 9.78 Å². The maximum atomic E-state index is 12.2. The molecule has 3 aromatic carbocycles. The van der Waals surface area contributed by atoms with Gasteiger partial charge < -0.3 is 5.11 Å². The fourth-order valence-electron chi connectivity index (χ4n) is 3.60. The quantitative estimate of drug-likeness (QED) is 0.359. The van der Waals surface area contributed by atoms with Crippen LogP contribution in [-0.2, 0) is 0 Å². The summed E-state index contributed by atoms with van der Waals surface area (Å²) in [5.41, 5.74) is 5.82. The first kappa shape index (κ1) is 21.2. The Balaban J connectivity index is 2.15. The summed E-state index contributed by atoms with van der Waals surface area (Å²) in [7, 11) is 0. The van der Waals surface area contributed by atoms with E-state index in [0.717, 1.165) is 27.9 Å². The van der Waals surface area contributed by atoms with E-state index in [4.69, 9.17) is 23.2 Å². The predicted octanol–water partition coefficient (Wildman–Crippen LogP) is 7.14. The molecule has 0 amide bonds. The molecule has 0 atom stereocenters. The molecule has 0 aliphatic carbocycles. The molecule has 0 unspecified atom stereocenters. The molecule has 1 N–H and O–H groups in total. The molecule has 0 aliphatic heterocycles. The number of rotatable bonds is 4. The summed E-state index contributed by atoms with van der Waals surface area (Å²) >= 11 is 12.6. The van der Waals surface area contributed by atoms with Crippen molar-refractivity contribution in [2.24, 2.45) is 0 Å². The SMILES string of the molecule is Cc1ccc(-c2nc(C(=O)O)c(-c3cccc(Cl)c3)n2-c2cc(Cl)ccc2C)cc1C. The molecule has 0 bridgehead atoms. The van der Waals surface area contributed by atoms with Crippen LogP contribution < -0.4 is 0 Å². The van der Waals surface area contributed by atoms with E-state index in [1.807, 2.05) is 67.8 Å². The van der Waals surface area contributed by atoms with Crippen LogP contribution in [0, 0.1) is 20.8 Å². The highest BCUT2D eigenvalue weighted by atomic mass is 35.5. The average Bonchev–Trinajstić information content (AvgIpc) is 3.12. The predicted molar refractivity (Wildman–Crippen MR) is 126 cm³/mol. The van der Waals surface area contributed by atoms with Gasteiger partial charge in [0.25, 0.3) is 0 Å². The lowest BCUT2D eigenvalue weighted by atomic mass is 10.1. The van der Waals surface area contributed by atoms with Crippen molar-refractivity contribution in [1.82, 2.24) is 9.55 Å². The number of nitrogens with zero attached hydrogens (tertiary/aromatic N) is 2. The van der Waals surface area contributed by atoms with Gasteiger partial charge in [0.2, 0.25) is 0 Å². The largest absolute Gasteiger partial charge is 0.476 e. The van der Waals surface area contributed by atoms with Gasteiger partial charge in [-0.1, -0.05) is 53.5 Å². The second-order valence-corrected chi connectivity index (χ2v) is 8.39. The third-order valence-corrected chi connectivity index (χ3v) is 5.83. The van der Waals surface area contributed by atoms with Crippen LogP contribution in [-0.4, -0.2) is 20.6 Å². The minimum atomic E-state index is -1.11. The van der Waals surface area contributed by atoms with Crippen molar-refractivity contribution in [3.05, 3.63) is 93.1 Å². The van der Waals surface area contributed by atoms with Gasteiger partial charge in [0.05, 0.1) is 11.4 Å².